The summed E-state index contributed by atoms with van der Waals surface area (Å²) < 4.78 is 0. The third-order valence-electron chi connectivity index (χ3n) is 5.39. The lowest BCUT2D eigenvalue weighted by Gasteiger charge is -2.23. The molecule has 4 aliphatic rings. The first-order valence-corrected chi connectivity index (χ1v) is 7.40. The summed E-state index contributed by atoms with van der Waals surface area (Å²) >= 11 is 0. The Morgan fingerprint density at radius 1 is 0.722 bits per heavy atom. The van der Waals surface area contributed by atoms with Gasteiger partial charge in [0.05, 0.1) is 0 Å². The minimum absolute atomic E-state index is 0.233. The van der Waals surface area contributed by atoms with Crippen molar-refractivity contribution in [1.82, 2.24) is 0 Å². The van der Waals surface area contributed by atoms with E-state index < -0.39 is 0 Å². The molecule has 4 aliphatic carbocycles. The minimum Gasteiger partial charge on any atom is -0.396 e. The maximum Gasteiger partial charge on any atom is 0.0468 e. The normalized spacial score (nSPS) is 46.6. The lowest BCUT2D eigenvalue weighted by atomic mass is 9.84. The summed E-state index contributed by atoms with van der Waals surface area (Å²) in [5.74, 6) is 3.73. The second-order valence-electron chi connectivity index (χ2n) is 6.36. The second-order valence-corrected chi connectivity index (χ2v) is 6.36. The van der Waals surface area contributed by atoms with Crippen LogP contribution in [0.1, 0.15) is 25.7 Å². The van der Waals surface area contributed by atoms with Crippen molar-refractivity contribution in [1.29, 1.82) is 0 Å². The van der Waals surface area contributed by atoms with E-state index in [2.05, 4.69) is 24.3 Å². The molecule has 2 fully saturated rings. The molecule has 2 nitrogen and oxygen atoms in total. The molecule has 4 bridgehead atoms. The topological polar surface area (TPSA) is 40.5 Å². The van der Waals surface area contributed by atoms with Gasteiger partial charge in [-0.2, -0.15) is 0 Å². The van der Waals surface area contributed by atoms with E-state index in [1.165, 1.54) is 19.3 Å². The molecule has 18 heavy (non-hydrogen) atoms. The molecule has 6 unspecified atom stereocenters. The van der Waals surface area contributed by atoms with Crippen LogP contribution >= 0.6 is 0 Å². The molecule has 0 aromatic carbocycles. The fourth-order valence-corrected chi connectivity index (χ4v) is 4.29. The largest absolute Gasteiger partial charge is 0.396 e. The van der Waals surface area contributed by atoms with Crippen molar-refractivity contribution in [2.75, 3.05) is 13.2 Å². The third kappa shape index (κ3) is 2.17. The lowest BCUT2D eigenvalue weighted by Crippen LogP contribution is -2.25. The summed E-state index contributed by atoms with van der Waals surface area (Å²) in [5, 5.41) is 18.1. The molecule has 2 saturated carbocycles. The summed E-state index contributed by atoms with van der Waals surface area (Å²) in [6.07, 6.45) is 14.7. The van der Waals surface area contributed by atoms with Crippen LogP contribution in [-0.4, -0.2) is 23.4 Å². The zero-order valence-electron chi connectivity index (χ0n) is 10.9. The Morgan fingerprint density at radius 3 is 1.50 bits per heavy atom. The zero-order valence-corrected chi connectivity index (χ0v) is 10.9. The van der Waals surface area contributed by atoms with E-state index in [-0.39, 0.29) is 13.2 Å². The quantitative estimate of drug-likeness (QED) is 0.737. The fraction of sp³-hybridized carbons (Fsp3) is 0.750. The van der Waals surface area contributed by atoms with Gasteiger partial charge >= 0.3 is 0 Å². The molecule has 0 aliphatic heterocycles. The first-order valence-electron chi connectivity index (χ1n) is 7.40. The lowest BCUT2D eigenvalue weighted by molar-refractivity contribution is 0.112. The van der Waals surface area contributed by atoms with Gasteiger partial charge in [-0.15, -0.1) is 0 Å². The Hall–Kier alpha value is -0.600. The number of aliphatic hydroxyl groups excluding tert-OH is 2. The van der Waals surface area contributed by atoms with Crippen molar-refractivity contribution >= 4 is 0 Å². The molecule has 2 N–H and O–H groups in total. The van der Waals surface area contributed by atoms with Crippen LogP contribution in [0, 0.1) is 35.5 Å². The molecule has 0 amide bonds. The molecular formula is C16H24O2. The molecular weight excluding hydrogens is 224 g/mol. The molecule has 4 rings (SSSR count). The van der Waals surface area contributed by atoms with E-state index in [1.54, 1.807) is 0 Å². The standard InChI is InChI=1S/C9H14O2.C7H10/c10-4-8-6-1-2-7(3-6)9(8)5-11;1-2-7-4-3-6(1)5-7/h1-2,6-11H,3-5H2;1-2,6-7H,3-5H2. The molecule has 0 aromatic rings. The maximum absolute atomic E-state index is 9.04. The van der Waals surface area contributed by atoms with Crippen molar-refractivity contribution in [2.24, 2.45) is 35.5 Å². The van der Waals surface area contributed by atoms with Gasteiger partial charge in [-0.3, -0.25) is 0 Å². The molecule has 6 atom stereocenters. The molecule has 0 saturated heterocycles. The van der Waals surface area contributed by atoms with Crippen LogP contribution in [0.2, 0.25) is 0 Å². The fourth-order valence-electron chi connectivity index (χ4n) is 4.29. The predicted octanol–water partition coefficient (Wildman–Crippen LogP) is 2.38. The van der Waals surface area contributed by atoms with Crippen LogP contribution in [0.15, 0.2) is 24.3 Å². The summed E-state index contributed by atoms with van der Waals surface area (Å²) in [6.45, 7) is 0.466. The highest BCUT2D eigenvalue weighted by atomic mass is 16.3. The number of hydrogen-bond acceptors (Lipinski definition) is 2. The van der Waals surface area contributed by atoms with Gasteiger partial charge in [-0.1, -0.05) is 24.3 Å². The first-order chi connectivity index (χ1) is 8.81. The summed E-state index contributed by atoms with van der Waals surface area (Å²) in [6, 6.07) is 0. The average Bonchev–Trinajstić information content (AvgIpc) is 3.17. The Labute approximate surface area is 109 Å². The molecule has 100 valence electrons. The van der Waals surface area contributed by atoms with Gasteiger partial charge in [0, 0.05) is 13.2 Å². The third-order valence-corrected chi connectivity index (χ3v) is 5.39. The Kier molecular flexibility index (Phi) is 3.58. The smallest absolute Gasteiger partial charge is 0.0468 e. The van der Waals surface area contributed by atoms with Crippen LogP contribution in [0.4, 0.5) is 0 Å². The Morgan fingerprint density at radius 2 is 1.22 bits per heavy atom. The van der Waals surface area contributed by atoms with Gasteiger partial charge in [0.2, 0.25) is 0 Å². The number of aliphatic hydroxyl groups is 2. The van der Waals surface area contributed by atoms with Crippen molar-refractivity contribution < 1.29 is 10.2 Å². The van der Waals surface area contributed by atoms with E-state index in [1.807, 2.05) is 0 Å². The number of fused-ring (bicyclic) bond motifs is 4. The van der Waals surface area contributed by atoms with Gasteiger partial charge in [0.1, 0.15) is 0 Å². The van der Waals surface area contributed by atoms with Gasteiger partial charge in [0.15, 0.2) is 0 Å². The van der Waals surface area contributed by atoms with Crippen LogP contribution < -0.4 is 0 Å². The molecule has 0 spiro atoms. The monoisotopic (exact) mass is 248 g/mol. The zero-order chi connectivity index (χ0) is 12.5. The van der Waals surface area contributed by atoms with E-state index >= 15 is 0 Å². The Bertz CT molecular complexity index is 317. The SMILES string of the molecule is C1=CC2CCC1C2.OCC1C2C=CC(C2)C1CO. The van der Waals surface area contributed by atoms with E-state index in [4.69, 9.17) is 10.2 Å². The minimum atomic E-state index is 0.233. The van der Waals surface area contributed by atoms with Crippen molar-refractivity contribution in [3.63, 3.8) is 0 Å². The van der Waals surface area contributed by atoms with Crippen LogP contribution in [0.5, 0.6) is 0 Å². The number of hydrogen-bond donors (Lipinski definition) is 2. The van der Waals surface area contributed by atoms with E-state index in [0.717, 1.165) is 18.3 Å². The highest BCUT2D eigenvalue weighted by Gasteiger charge is 2.43. The van der Waals surface area contributed by atoms with Crippen molar-refractivity contribution in [3.05, 3.63) is 24.3 Å². The highest BCUT2D eigenvalue weighted by Crippen LogP contribution is 2.47. The van der Waals surface area contributed by atoms with Gasteiger partial charge < -0.3 is 10.2 Å². The summed E-state index contributed by atoms with van der Waals surface area (Å²) in [4.78, 5) is 0. The van der Waals surface area contributed by atoms with Crippen LogP contribution in [0.3, 0.4) is 0 Å². The Balaban J connectivity index is 0.000000122. The number of rotatable bonds is 2. The summed E-state index contributed by atoms with van der Waals surface area (Å²) in [7, 11) is 0. The summed E-state index contributed by atoms with van der Waals surface area (Å²) in [5.41, 5.74) is 0. The molecule has 0 aromatic heterocycles. The number of allylic oxidation sites excluding steroid dienone is 4. The van der Waals surface area contributed by atoms with Crippen molar-refractivity contribution in [2.45, 2.75) is 25.7 Å². The van der Waals surface area contributed by atoms with Crippen LogP contribution in [0.25, 0.3) is 0 Å². The highest BCUT2D eigenvalue weighted by molar-refractivity contribution is 5.13. The predicted molar refractivity (Wildman–Crippen MR) is 71.9 cm³/mol. The van der Waals surface area contributed by atoms with Gasteiger partial charge in [-0.05, 0) is 61.2 Å². The van der Waals surface area contributed by atoms with Gasteiger partial charge in [0.25, 0.3) is 0 Å². The molecule has 2 heteroatoms. The average molecular weight is 248 g/mol. The van der Waals surface area contributed by atoms with E-state index in [0.29, 0.717) is 23.7 Å². The van der Waals surface area contributed by atoms with Gasteiger partial charge in [-0.25, -0.2) is 0 Å². The van der Waals surface area contributed by atoms with Crippen LogP contribution in [-0.2, 0) is 0 Å². The second kappa shape index (κ2) is 5.18. The maximum atomic E-state index is 9.04. The van der Waals surface area contributed by atoms with E-state index in [9.17, 15) is 0 Å². The molecule has 0 radical (unpaired) electrons. The molecule has 0 heterocycles. The first kappa shape index (κ1) is 12.4. The van der Waals surface area contributed by atoms with Crippen molar-refractivity contribution in [3.8, 4) is 0 Å².